The summed E-state index contributed by atoms with van der Waals surface area (Å²) in [6.07, 6.45) is 1.65. The number of nitrogens with zero attached hydrogens (tertiary/aromatic N) is 2. The fourth-order valence-corrected chi connectivity index (χ4v) is 3.12. The summed E-state index contributed by atoms with van der Waals surface area (Å²) in [6.45, 7) is 0.857. The van der Waals surface area contributed by atoms with E-state index >= 15 is 0 Å². The van der Waals surface area contributed by atoms with Gasteiger partial charge in [0, 0.05) is 22.9 Å². The SMILES string of the molecule is COC(=O)c1cn(CC(=O)NC2=NCCS2)c2ccccc12. The quantitative estimate of drug-likeness (QED) is 0.874. The van der Waals surface area contributed by atoms with Crippen LogP contribution in [-0.2, 0) is 16.1 Å². The molecule has 0 unspecified atom stereocenters. The maximum absolute atomic E-state index is 12.1. The minimum atomic E-state index is -0.411. The molecule has 1 N–H and O–H groups in total. The number of ether oxygens (including phenoxy) is 1. The molecule has 2 aromatic rings. The molecule has 1 aliphatic heterocycles. The molecular weight excluding hydrogens is 302 g/mol. The van der Waals surface area contributed by atoms with Crippen molar-refractivity contribution in [1.82, 2.24) is 9.88 Å². The highest BCUT2D eigenvalue weighted by atomic mass is 32.2. The van der Waals surface area contributed by atoms with Gasteiger partial charge in [-0.25, -0.2) is 4.79 Å². The van der Waals surface area contributed by atoms with Gasteiger partial charge in [-0.3, -0.25) is 9.79 Å². The standard InChI is InChI=1S/C15H15N3O3S/c1-21-14(20)11-8-18(12-5-3-2-4-10(11)12)9-13(19)17-15-16-6-7-22-15/h2-5,8H,6-7,9H2,1H3,(H,16,17,19). The first-order valence-corrected chi connectivity index (χ1v) is 7.81. The van der Waals surface area contributed by atoms with Crippen LogP contribution in [0.15, 0.2) is 35.5 Å². The van der Waals surface area contributed by atoms with Crippen molar-refractivity contribution in [2.24, 2.45) is 4.99 Å². The van der Waals surface area contributed by atoms with Gasteiger partial charge in [-0.2, -0.15) is 0 Å². The van der Waals surface area contributed by atoms with E-state index in [4.69, 9.17) is 4.74 Å². The number of benzene rings is 1. The van der Waals surface area contributed by atoms with Gasteiger partial charge >= 0.3 is 5.97 Å². The lowest BCUT2D eigenvalue weighted by Gasteiger charge is -2.06. The number of hydrogen-bond acceptors (Lipinski definition) is 5. The Bertz CT molecular complexity index is 766. The summed E-state index contributed by atoms with van der Waals surface area (Å²) in [4.78, 5) is 28.2. The molecule has 1 amide bonds. The van der Waals surface area contributed by atoms with Crippen molar-refractivity contribution in [3.8, 4) is 0 Å². The van der Waals surface area contributed by atoms with Crippen LogP contribution in [0.4, 0.5) is 0 Å². The molecular formula is C15H15N3O3S. The molecule has 6 nitrogen and oxygen atoms in total. The second kappa shape index (κ2) is 6.23. The first-order chi connectivity index (χ1) is 10.7. The highest BCUT2D eigenvalue weighted by Crippen LogP contribution is 2.22. The Morgan fingerprint density at radius 1 is 1.41 bits per heavy atom. The molecule has 3 rings (SSSR count). The van der Waals surface area contributed by atoms with Crippen LogP contribution in [0, 0.1) is 0 Å². The highest BCUT2D eigenvalue weighted by molar-refractivity contribution is 8.14. The molecule has 0 saturated carbocycles. The van der Waals surface area contributed by atoms with E-state index in [0.717, 1.165) is 23.2 Å². The van der Waals surface area contributed by atoms with E-state index in [0.29, 0.717) is 10.7 Å². The van der Waals surface area contributed by atoms with E-state index in [1.807, 2.05) is 24.3 Å². The van der Waals surface area contributed by atoms with E-state index in [1.54, 1.807) is 10.8 Å². The molecule has 22 heavy (non-hydrogen) atoms. The third-order valence-electron chi connectivity index (χ3n) is 3.34. The van der Waals surface area contributed by atoms with Crippen LogP contribution in [0.3, 0.4) is 0 Å². The number of thioether (sulfide) groups is 1. The molecule has 0 saturated heterocycles. The normalized spacial score (nSPS) is 14.0. The minimum Gasteiger partial charge on any atom is -0.465 e. The van der Waals surface area contributed by atoms with Crippen molar-refractivity contribution >= 4 is 39.7 Å². The molecule has 7 heteroatoms. The smallest absolute Gasteiger partial charge is 0.340 e. The molecule has 1 aliphatic rings. The first kappa shape index (κ1) is 14.6. The van der Waals surface area contributed by atoms with Crippen molar-refractivity contribution in [1.29, 1.82) is 0 Å². The largest absolute Gasteiger partial charge is 0.465 e. The topological polar surface area (TPSA) is 72.7 Å². The fourth-order valence-electron chi connectivity index (χ4n) is 2.37. The molecule has 114 valence electrons. The molecule has 0 aliphatic carbocycles. The zero-order valence-corrected chi connectivity index (χ0v) is 12.9. The predicted octanol–water partition coefficient (Wildman–Crippen LogP) is 1.65. The molecule has 0 spiro atoms. The lowest BCUT2D eigenvalue weighted by Crippen LogP contribution is -2.30. The second-order valence-electron chi connectivity index (χ2n) is 4.76. The summed E-state index contributed by atoms with van der Waals surface area (Å²) in [7, 11) is 1.34. The number of esters is 1. The van der Waals surface area contributed by atoms with Crippen LogP contribution in [0.1, 0.15) is 10.4 Å². The van der Waals surface area contributed by atoms with Gasteiger partial charge in [0.1, 0.15) is 6.54 Å². The number of carbonyl (C=O) groups excluding carboxylic acids is 2. The average molecular weight is 317 g/mol. The van der Waals surface area contributed by atoms with Crippen molar-refractivity contribution in [3.05, 3.63) is 36.0 Å². The van der Waals surface area contributed by atoms with Gasteiger partial charge in [-0.15, -0.1) is 0 Å². The highest BCUT2D eigenvalue weighted by Gasteiger charge is 2.17. The molecule has 0 bridgehead atoms. The summed E-state index contributed by atoms with van der Waals surface area (Å²) >= 11 is 1.53. The van der Waals surface area contributed by atoms with Crippen LogP contribution >= 0.6 is 11.8 Å². The van der Waals surface area contributed by atoms with Crippen molar-refractivity contribution in [2.45, 2.75) is 6.54 Å². The number of aliphatic imine (C=N–C) groups is 1. The van der Waals surface area contributed by atoms with Crippen LogP contribution in [-0.4, -0.2) is 41.0 Å². The van der Waals surface area contributed by atoms with Crippen molar-refractivity contribution in [2.75, 3.05) is 19.4 Å². The van der Waals surface area contributed by atoms with Gasteiger partial charge in [-0.1, -0.05) is 30.0 Å². The number of rotatable bonds is 3. The van der Waals surface area contributed by atoms with E-state index in [9.17, 15) is 9.59 Å². The van der Waals surface area contributed by atoms with Gasteiger partial charge in [0.25, 0.3) is 0 Å². The molecule has 2 heterocycles. The maximum atomic E-state index is 12.1. The van der Waals surface area contributed by atoms with Crippen LogP contribution in [0.25, 0.3) is 10.9 Å². The number of methoxy groups -OCH3 is 1. The molecule has 0 radical (unpaired) electrons. The van der Waals surface area contributed by atoms with Crippen LogP contribution in [0.2, 0.25) is 0 Å². The third-order valence-corrected chi connectivity index (χ3v) is 4.23. The Morgan fingerprint density at radius 3 is 2.95 bits per heavy atom. The third kappa shape index (κ3) is 2.85. The van der Waals surface area contributed by atoms with Gasteiger partial charge < -0.3 is 14.6 Å². The Labute approximate surface area is 131 Å². The Balaban J connectivity index is 1.87. The lowest BCUT2D eigenvalue weighted by atomic mass is 10.2. The number of hydrogen-bond donors (Lipinski definition) is 1. The summed E-state index contributed by atoms with van der Waals surface area (Å²) in [5.41, 5.74) is 1.28. The maximum Gasteiger partial charge on any atom is 0.340 e. The number of carbonyl (C=O) groups is 2. The van der Waals surface area contributed by atoms with Gasteiger partial charge in [0.05, 0.1) is 19.2 Å². The zero-order valence-electron chi connectivity index (χ0n) is 12.0. The number of aromatic nitrogens is 1. The number of nitrogens with one attached hydrogen (secondary N) is 1. The number of amidine groups is 1. The minimum absolute atomic E-state index is 0.122. The fraction of sp³-hybridized carbons (Fsp3) is 0.267. The zero-order chi connectivity index (χ0) is 15.5. The van der Waals surface area contributed by atoms with Gasteiger partial charge in [0.15, 0.2) is 5.17 Å². The van der Waals surface area contributed by atoms with Gasteiger partial charge in [-0.05, 0) is 6.07 Å². The Morgan fingerprint density at radius 2 is 2.23 bits per heavy atom. The van der Waals surface area contributed by atoms with Crippen LogP contribution < -0.4 is 5.32 Å². The van der Waals surface area contributed by atoms with E-state index in [1.165, 1.54) is 18.9 Å². The van der Waals surface area contributed by atoms with E-state index in [-0.39, 0.29) is 12.5 Å². The molecule has 0 atom stereocenters. The Kier molecular flexibility index (Phi) is 4.15. The van der Waals surface area contributed by atoms with E-state index < -0.39 is 5.97 Å². The Hall–Kier alpha value is -2.28. The average Bonchev–Trinajstić information content (AvgIpc) is 3.15. The van der Waals surface area contributed by atoms with Crippen molar-refractivity contribution in [3.63, 3.8) is 0 Å². The number of fused-ring (bicyclic) bond motifs is 1. The monoisotopic (exact) mass is 317 g/mol. The van der Waals surface area contributed by atoms with Gasteiger partial charge in [0.2, 0.25) is 5.91 Å². The second-order valence-corrected chi connectivity index (χ2v) is 5.85. The summed E-state index contributed by atoms with van der Waals surface area (Å²) < 4.78 is 6.54. The summed E-state index contributed by atoms with van der Waals surface area (Å²) in [6, 6.07) is 7.43. The van der Waals surface area contributed by atoms with E-state index in [2.05, 4.69) is 10.3 Å². The van der Waals surface area contributed by atoms with Crippen molar-refractivity contribution < 1.29 is 14.3 Å². The molecule has 0 fully saturated rings. The predicted molar refractivity (Wildman–Crippen MR) is 86.2 cm³/mol. The summed E-state index contributed by atoms with van der Waals surface area (Å²) in [5.74, 6) is 0.325. The first-order valence-electron chi connectivity index (χ1n) is 6.82. The lowest BCUT2D eigenvalue weighted by molar-refractivity contribution is -0.120. The van der Waals surface area contributed by atoms with Crippen LogP contribution in [0.5, 0.6) is 0 Å². The summed E-state index contributed by atoms with van der Waals surface area (Å²) in [5, 5.41) is 4.22. The molecule has 1 aromatic carbocycles. The number of amides is 1. The number of para-hydroxylation sites is 1. The molecule has 1 aromatic heterocycles.